The normalized spacial score (nSPS) is 23.9. The number of hydrogen-bond donors (Lipinski definition) is 3. The van der Waals surface area contributed by atoms with Gasteiger partial charge < -0.3 is 21.1 Å². The van der Waals surface area contributed by atoms with E-state index in [1.54, 1.807) is 27.7 Å². The van der Waals surface area contributed by atoms with Crippen LogP contribution in [0.15, 0.2) is 0 Å². The zero-order valence-corrected chi connectivity index (χ0v) is 13.3. The topological polar surface area (TPSA) is 128 Å². The van der Waals surface area contributed by atoms with Crippen molar-refractivity contribution in [1.82, 2.24) is 10.6 Å². The van der Waals surface area contributed by atoms with Gasteiger partial charge in [0.25, 0.3) is 5.91 Å². The van der Waals surface area contributed by atoms with Crippen molar-refractivity contribution in [1.29, 1.82) is 0 Å². The Morgan fingerprint density at radius 1 is 1.27 bits per heavy atom. The molecule has 3 amide bonds. The van der Waals surface area contributed by atoms with Gasteiger partial charge in [0.2, 0.25) is 11.7 Å². The van der Waals surface area contributed by atoms with E-state index in [4.69, 9.17) is 10.5 Å². The first-order valence-electron chi connectivity index (χ1n) is 7.10. The maximum atomic E-state index is 11.9. The number of carbonyl (C=O) groups excluding carboxylic acids is 4. The lowest BCUT2D eigenvalue weighted by Gasteiger charge is -2.46. The smallest absolute Gasteiger partial charge is 0.408 e. The molecule has 0 saturated heterocycles. The third-order valence-electron chi connectivity index (χ3n) is 3.60. The van der Waals surface area contributed by atoms with Crippen LogP contribution in [0, 0.1) is 5.92 Å². The van der Waals surface area contributed by atoms with E-state index >= 15 is 0 Å². The van der Waals surface area contributed by atoms with Gasteiger partial charge >= 0.3 is 6.09 Å². The Morgan fingerprint density at radius 3 is 2.23 bits per heavy atom. The summed E-state index contributed by atoms with van der Waals surface area (Å²) < 4.78 is 4.99. The average molecular weight is 313 g/mol. The minimum Gasteiger partial charge on any atom is -0.444 e. The maximum Gasteiger partial charge on any atom is 0.408 e. The van der Waals surface area contributed by atoms with E-state index in [2.05, 4.69) is 10.6 Å². The maximum absolute atomic E-state index is 11.9. The second-order valence-electron chi connectivity index (χ2n) is 6.51. The third-order valence-corrected chi connectivity index (χ3v) is 3.60. The van der Waals surface area contributed by atoms with Crippen LogP contribution >= 0.6 is 0 Å². The van der Waals surface area contributed by atoms with Gasteiger partial charge in [-0.2, -0.15) is 0 Å². The molecular formula is C14H23N3O5. The molecular weight excluding hydrogens is 290 g/mol. The van der Waals surface area contributed by atoms with Crippen LogP contribution in [-0.4, -0.2) is 41.4 Å². The van der Waals surface area contributed by atoms with Gasteiger partial charge in [0.1, 0.15) is 17.7 Å². The van der Waals surface area contributed by atoms with Crippen LogP contribution in [0.5, 0.6) is 0 Å². The summed E-state index contributed by atoms with van der Waals surface area (Å²) >= 11 is 0. The quantitative estimate of drug-likeness (QED) is 0.608. The molecule has 0 aromatic heterocycles. The van der Waals surface area contributed by atoms with Crippen molar-refractivity contribution in [2.45, 2.75) is 51.7 Å². The summed E-state index contributed by atoms with van der Waals surface area (Å²) in [7, 11) is 0. The summed E-state index contributed by atoms with van der Waals surface area (Å²) in [6.07, 6.45) is 0.326. The van der Waals surface area contributed by atoms with Crippen molar-refractivity contribution in [3.05, 3.63) is 0 Å². The van der Waals surface area contributed by atoms with E-state index in [0.29, 0.717) is 12.8 Å². The van der Waals surface area contributed by atoms with Crippen LogP contribution in [0.1, 0.15) is 40.5 Å². The predicted molar refractivity (Wildman–Crippen MR) is 77.7 cm³/mol. The number of primary amides is 1. The van der Waals surface area contributed by atoms with Crippen molar-refractivity contribution < 1.29 is 23.9 Å². The number of ketones is 1. The molecule has 0 aromatic carbocycles. The van der Waals surface area contributed by atoms with E-state index in [1.165, 1.54) is 0 Å². The summed E-state index contributed by atoms with van der Waals surface area (Å²) in [6, 6.07) is 0. The highest BCUT2D eigenvalue weighted by Gasteiger charge is 2.52. The van der Waals surface area contributed by atoms with E-state index in [-0.39, 0.29) is 12.5 Å². The lowest BCUT2D eigenvalue weighted by atomic mass is 9.65. The number of nitrogens with one attached hydrogen (secondary N) is 2. The fraction of sp³-hybridized carbons (Fsp3) is 0.714. The Labute approximate surface area is 129 Å². The molecule has 0 heterocycles. The molecule has 1 aliphatic rings. The summed E-state index contributed by atoms with van der Waals surface area (Å²) in [6.45, 7) is 6.50. The van der Waals surface area contributed by atoms with Gasteiger partial charge in [-0.15, -0.1) is 0 Å². The highest BCUT2D eigenvalue weighted by Crippen LogP contribution is 2.38. The van der Waals surface area contributed by atoms with Gasteiger partial charge in [0.15, 0.2) is 0 Å². The van der Waals surface area contributed by atoms with E-state index in [9.17, 15) is 19.2 Å². The first-order chi connectivity index (χ1) is 9.98. The van der Waals surface area contributed by atoms with E-state index in [0.717, 1.165) is 0 Å². The summed E-state index contributed by atoms with van der Waals surface area (Å²) in [4.78, 5) is 46.4. The fourth-order valence-electron chi connectivity index (χ4n) is 2.28. The monoisotopic (exact) mass is 313 g/mol. The third kappa shape index (κ3) is 4.19. The van der Waals surface area contributed by atoms with Gasteiger partial charge in [-0.05, 0) is 39.5 Å². The molecule has 0 bridgehead atoms. The van der Waals surface area contributed by atoms with Crippen molar-refractivity contribution in [2.24, 2.45) is 11.7 Å². The number of hydrogen-bond acceptors (Lipinski definition) is 5. The molecule has 22 heavy (non-hydrogen) atoms. The molecule has 8 nitrogen and oxygen atoms in total. The molecule has 1 rings (SSSR count). The number of amides is 3. The van der Waals surface area contributed by atoms with Crippen molar-refractivity contribution in [2.75, 3.05) is 6.54 Å². The van der Waals surface area contributed by atoms with Gasteiger partial charge in [0.05, 0.1) is 0 Å². The Morgan fingerprint density at radius 2 is 1.86 bits per heavy atom. The molecule has 0 spiro atoms. The second kappa shape index (κ2) is 6.33. The Balaban J connectivity index is 2.58. The first kappa shape index (κ1) is 17.9. The summed E-state index contributed by atoms with van der Waals surface area (Å²) in [5, 5.41) is 4.81. The zero-order chi connectivity index (χ0) is 17.1. The second-order valence-corrected chi connectivity index (χ2v) is 6.51. The van der Waals surface area contributed by atoms with E-state index < -0.39 is 34.8 Å². The van der Waals surface area contributed by atoms with Gasteiger partial charge in [-0.25, -0.2) is 4.79 Å². The zero-order valence-electron chi connectivity index (χ0n) is 13.3. The standard InChI is InChI=1S/C14H23N3O5/c1-8-5-6-14(8,10(19)11(15)20)17-9(18)7-16-12(21)22-13(2,3)4/h8H,5-7H2,1-4H3,(H2,15,20)(H,16,21)(H,17,18)/t8?,14-/m0/s1. The van der Waals surface area contributed by atoms with Gasteiger partial charge in [-0.1, -0.05) is 6.92 Å². The molecule has 2 atom stereocenters. The molecule has 0 aliphatic heterocycles. The summed E-state index contributed by atoms with van der Waals surface area (Å²) in [5.41, 5.74) is 3.11. The average Bonchev–Trinajstić information content (AvgIpc) is 2.37. The van der Waals surface area contributed by atoms with Crippen LogP contribution in [0.4, 0.5) is 4.79 Å². The lowest BCUT2D eigenvalue weighted by molar-refractivity contribution is -0.147. The number of rotatable bonds is 5. The molecule has 0 radical (unpaired) electrons. The number of alkyl carbamates (subject to hydrolysis) is 1. The molecule has 4 N–H and O–H groups in total. The number of ether oxygens (including phenoxy) is 1. The largest absolute Gasteiger partial charge is 0.444 e. The minimum absolute atomic E-state index is 0.182. The Hall–Kier alpha value is -2.12. The highest BCUT2D eigenvalue weighted by atomic mass is 16.6. The Bertz CT molecular complexity index is 497. The molecule has 124 valence electrons. The van der Waals surface area contributed by atoms with Crippen molar-refractivity contribution in [3.8, 4) is 0 Å². The molecule has 1 fully saturated rings. The Kier molecular flexibility index (Phi) is 5.16. The summed E-state index contributed by atoms with van der Waals surface area (Å²) in [5.74, 6) is -2.64. The lowest BCUT2D eigenvalue weighted by Crippen LogP contribution is -2.67. The van der Waals surface area contributed by atoms with Gasteiger partial charge in [-0.3, -0.25) is 14.4 Å². The number of Topliss-reactive ketones (excluding diaryl/α,β-unsaturated/α-hetero) is 1. The van der Waals surface area contributed by atoms with Crippen LogP contribution < -0.4 is 16.4 Å². The van der Waals surface area contributed by atoms with Crippen molar-refractivity contribution >= 4 is 23.7 Å². The fourth-order valence-corrected chi connectivity index (χ4v) is 2.28. The van der Waals surface area contributed by atoms with Crippen LogP contribution in [0.2, 0.25) is 0 Å². The van der Waals surface area contributed by atoms with E-state index in [1.807, 2.05) is 0 Å². The molecule has 1 aliphatic carbocycles. The van der Waals surface area contributed by atoms with Gasteiger partial charge in [0, 0.05) is 0 Å². The van der Waals surface area contributed by atoms with Crippen LogP contribution in [0.25, 0.3) is 0 Å². The molecule has 8 heteroatoms. The van der Waals surface area contributed by atoms with Crippen LogP contribution in [-0.2, 0) is 19.1 Å². The van der Waals surface area contributed by atoms with Crippen LogP contribution in [0.3, 0.4) is 0 Å². The number of carbonyl (C=O) groups is 4. The minimum atomic E-state index is -1.25. The highest BCUT2D eigenvalue weighted by molar-refractivity contribution is 6.39. The molecule has 1 unspecified atom stereocenters. The first-order valence-corrected chi connectivity index (χ1v) is 7.10. The molecule has 0 aromatic rings. The molecule has 1 saturated carbocycles. The SMILES string of the molecule is CC1CC[C@@]1(NC(=O)CNC(=O)OC(C)(C)C)C(=O)C(N)=O. The van der Waals surface area contributed by atoms with Crippen molar-refractivity contribution in [3.63, 3.8) is 0 Å². The predicted octanol–water partition coefficient (Wildman–Crippen LogP) is -0.150. The number of nitrogens with two attached hydrogens (primary N) is 1.